The number of furan rings is 1. The van der Waals surface area contributed by atoms with Crippen molar-refractivity contribution in [2.45, 2.75) is 26.0 Å². The summed E-state index contributed by atoms with van der Waals surface area (Å²) in [7, 11) is 0. The standard InChI is InChI=1S/C10H13NO3/c1-7(2)11-6-9(14-10(11)12)8-4-3-5-13-8/h3-5,7,9H,6H2,1-2H3/t9-/m0/s1. The van der Waals surface area contributed by atoms with E-state index in [1.165, 1.54) is 0 Å². The number of amides is 1. The second kappa shape index (κ2) is 3.36. The largest absolute Gasteiger partial charge is 0.465 e. The molecule has 1 atom stereocenters. The van der Waals surface area contributed by atoms with Gasteiger partial charge in [0.25, 0.3) is 0 Å². The van der Waals surface area contributed by atoms with Crippen molar-refractivity contribution in [3.05, 3.63) is 24.2 Å². The first kappa shape index (κ1) is 9.12. The molecule has 0 aromatic carbocycles. The van der Waals surface area contributed by atoms with Gasteiger partial charge in [0, 0.05) is 6.04 Å². The zero-order chi connectivity index (χ0) is 10.1. The molecule has 2 rings (SSSR count). The van der Waals surface area contributed by atoms with E-state index in [2.05, 4.69) is 0 Å². The molecule has 1 aromatic rings. The summed E-state index contributed by atoms with van der Waals surface area (Å²) in [5.41, 5.74) is 0. The van der Waals surface area contributed by atoms with Crippen molar-refractivity contribution in [3.63, 3.8) is 0 Å². The fourth-order valence-electron chi connectivity index (χ4n) is 1.52. The second-order valence-electron chi connectivity index (χ2n) is 3.63. The van der Waals surface area contributed by atoms with E-state index in [9.17, 15) is 4.79 Å². The van der Waals surface area contributed by atoms with Crippen LogP contribution in [0.2, 0.25) is 0 Å². The van der Waals surface area contributed by atoms with E-state index in [0.717, 1.165) is 0 Å². The average molecular weight is 195 g/mol. The van der Waals surface area contributed by atoms with Crippen molar-refractivity contribution in [3.8, 4) is 0 Å². The van der Waals surface area contributed by atoms with E-state index >= 15 is 0 Å². The van der Waals surface area contributed by atoms with E-state index in [1.54, 1.807) is 17.2 Å². The summed E-state index contributed by atoms with van der Waals surface area (Å²) >= 11 is 0. The Morgan fingerprint density at radius 1 is 1.57 bits per heavy atom. The number of ether oxygens (including phenoxy) is 1. The lowest BCUT2D eigenvalue weighted by molar-refractivity contribution is 0.121. The summed E-state index contributed by atoms with van der Waals surface area (Å²) in [6.45, 7) is 4.50. The highest BCUT2D eigenvalue weighted by Crippen LogP contribution is 2.27. The minimum Gasteiger partial charge on any atom is -0.465 e. The number of hydrogen-bond acceptors (Lipinski definition) is 3. The summed E-state index contributed by atoms with van der Waals surface area (Å²) in [5, 5.41) is 0. The Labute approximate surface area is 82.4 Å². The highest BCUT2D eigenvalue weighted by Gasteiger charge is 2.35. The molecule has 0 aliphatic carbocycles. The smallest absolute Gasteiger partial charge is 0.410 e. The fourth-order valence-corrected chi connectivity index (χ4v) is 1.52. The molecule has 14 heavy (non-hydrogen) atoms. The lowest BCUT2D eigenvalue weighted by atomic mass is 10.2. The highest BCUT2D eigenvalue weighted by atomic mass is 16.6. The SMILES string of the molecule is CC(C)N1C[C@@H](c2ccco2)OC1=O. The van der Waals surface area contributed by atoms with Gasteiger partial charge >= 0.3 is 6.09 Å². The predicted octanol–water partition coefficient (Wildman–Crippen LogP) is 2.18. The van der Waals surface area contributed by atoms with Gasteiger partial charge in [0.05, 0.1) is 12.8 Å². The van der Waals surface area contributed by atoms with Gasteiger partial charge in [0.15, 0.2) is 6.10 Å². The van der Waals surface area contributed by atoms with Crippen LogP contribution in [0.15, 0.2) is 22.8 Å². The van der Waals surface area contributed by atoms with Crippen LogP contribution in [-0.4, -0.2) is 23.6 Å². The van der Waals surface area contributed by atoms with E-state index in [-0.39, 0.29) is 18.2 Å². The molecule has 0 unspecified atom stereocenters. The van der Waals surface area contributed by atoms with Crippen molar-refractivity contribution >= 4 is 6.09 Å². The van der Waals surface area contributed by atoms with Gasteiger partial charge < -0.3 is 14.1 Å². The van der Waals surface area contributed by atoms with Crippen molar-refractivity contribution < 1.29 is 13.9 Å². The lowest BCUT2D eigenvalue weighted by Gasteiger charge is -2.16. The third-order valence-electron chi connectivity index (χ3n) is 2.32. The Kier molecular flexibility index (Phi) is 2.19. The Balaban J connectivity index is 2.10. The minimum absolute atomic E-state index is 0.169. The fraction of sp³-hybridized carbons (Fsp3) is 0.500. The van der Waals surface area contributed by atoms with Gasteiger partial charge in [-0.05, 0) is 26.0 Å². The van der Waals surface area contributed by atoms with Gasteiger partial charge in [-0.15, -0.1) is 0 Å². The lowest BCUT2D eigenvalue weighted by Crippen LogP contribution is -2.31. The number of hydrogen-bond donors (Lipinski definition) is 0. The van der Waals surface area contributed by atoms with Crippen LogP contribution in [0.25, 0.3) is 0 Å². The van der Waals surface area contributed by atoms with Crippen molar-refractivity contribution in [1.29, 1.82) is 0 Å². The van der Waals surface area contributed by atoms with Crippen LogP contribution in [0.3, 0.4) is 0 Å². The molecule has 4 heteroatoms. The molecule has 0 N–H and O–H groups in total. The summed E-state index contributed by atoms with van der Waals surface area (Å²) in [6, 6.07) is 3.78. The van der Waals surface area contributed by atoms with E-state index in [4.69, 9.17) is 9.15 Å². The predicted molar refractivity (Wildman–Crippen MR) is 49.8 cm³/mol. The maximum atomic E-state index is 11.4. The summed E-state index contributed by atoms with van der Waals surface area (Å²) in [4.78, 5) is 13.1. The van der Waals surface area contributed by atoms with Crippen LogP contribution in [-0.2, 0) is 4.74 Å². The van der Waals surface area contributed by atoms with Crippen molar-refractivity contribution in [2.75, 3.05) is 6.54 Å². The maximum absolute atomic E-state index is 11.4. The highest BCUT2D eigenvalue weighted by molar-refractivity contribution is 5.70. The zero-order valence-corrected chi connectivity index (χ0v) is 8.27. The molecule has 1 fully saturated rings. The quantitative estimate of drug-likeness (QED) is 0.726. The monoisotopic (exact) mass is 195 g/mol. The maximum Gasteiger partial charge on any atom is 0.410 e. The number of rotatable bonds is 2. The Bertz CT molecular complexity index is 318. The van der Waals surface area contributed by atoms with Crippen LogP contribution >= 0.6 is 0 Å². The number of carbonyl (C=O) groups excluding carboxylic acids is 1. The molecular weight excluding hydrogens is 182 g/mol. The van der Waals surface area contributed by atoms with Crippen LogP contribution in [0.1, 0.15) is 25.7 Å². The second-order valence-corrected chi connectivity index (χ2v) is 3.63. The van der Waals surface area contributed by atoms with Gasteiger partial charge in [-0.25, -0.2) is 4.79 Å². The summed E-state index contributed by atoms with van der Waals surface area (Å²) in [6.07, 6.45) is 1.07. The van der Waals surface area contributed by atoms with Gasteiger partial charge in [0.2, 0.25) is 0 Å². The van der Waals surface area contributed by atoms with Crippen LogP contribution in [0, 0.1) is 0 Å². The average Bonchev–Trinajstić information content (AvgIpc) is 2.70. The summed E-state index contributed by atoms with van der Waals surface area (Å²) < 4.78 is 10.4. The molecule has 1 aliphatic heterocycles. The molecule has 0 bridgehead atoms. The summed E-state index contributed by atoms with van der Waals surface area (Å²) in [5.74, 6) is 0.710. The van der Waals surface area contributed by atoms with Gasteiger partial charge in [-0.2, -0.15) is 0 Å². The zero-order valence-electron chi connectivity index (χ0n) is 8.27. The van der Waals surface area contributed by atoms with Crippen LogP contribution < -0.4 is 0 Å². The van der Waals surface area contributed by atoms with E-state index < -0.39 is 0 Å². The molecule has 0 saturated carbocycles. The van der Waals surface area contributed by atoms with Crippen molar-refractivity contribution in [1.82, 2.24) is 4.90 Å². The Morgan fingerprint density at radius 3 is 2.86 bits per heavy atom. The van der Waals surface area contributed by atoms with Gasteiger partial charge in [0.1, 0.15) is 5.76 Å². The van der Waals surface area contributed by atoms with Gasteiger partial charge in [-0.3, -0.25) is 0 Å². The number of nitrogens with zero attached hydrogens (tertiary/aromatic N) is 1. The van der Waals surface area contributed by atoms with Crippen LogP contribution in [0.5, 0.6) is 0 Å². The molecule has 2 heterocycles. The first-order chi connectivity index (χ1) is 6.68. The van der Waals surface area contributed by atoms with Crippen molar-refractivity contribution in [2.24, 2.45) is 0 Å². The molecule has 0 spiro atoms. The topological polar surface area (TPSA) is 42.7 Å². The molecule has 1 aliphatic rings. The molecule has 0 radical (unpaired) electrons. The molecule has 1 amide bonds. The first-order valence-corrected chi connectivity index (χ1v) is 4.69. The Hall–Kier alpha value is -1.45. The normalized spacial score (nSPS) is 21.8. The van der Waals surface area contributed by atoms with Gasteiger partial charge in [-0.1, -0.05) is 0 Å². The third-order valence-corrected chi connectivity index (χ3v) is 2.32. The number of carbonyl (C=O) groups is 1. The molecular formula is C10H13NO3. The molecule has 1 saturated heterocycles. The van der Waals surface area contributed by atoms with Crippen LogP contribution in [0.4, 0.5) is 4.79 Å². The van der Waals surface area contributed by atoms with E-state index in [0.29, 0.717) is 12.3 Å². The minimum atomic E-state index is -0.263. The third kappa shape index (κ3) is 1.47. The first-order valence-electron chi connectivity index (χ1n) is 4.69. The Morgan fingerprint density at radius 2 is 2.36 bits per heavy atom. The molecule has 1 aromatic heterocycles. The molecule has 4 nitrogen and oxygen atoms in total. The number of cyclic esters (lactones) is 1. The van der Waals surface area contributed by atoms with E-state index in [1.807, 2.05) is 19.9 Å². The molecule has 76 valence electrons.